The highest BCUT2D eigenvalue weighted by atomic mass is 16.6. The number of hydrogen-bond acceptors (Lipinski definition) is 5. The lowest BCUT2D eigenvalue weighted by Gasteiger charge is -2.29. The van der Waals surface area contributed by atoms with Gasteiger partial charge < -0.3 is 15.4 Å². The number of nitro benzene ring substituents is 1. The summed E-state index contributed by atoms with van der Waals surface area (Å²) in [4.78, 5) is 24.3. The standard InChI is InChI=1S/C17H23N3O4/c1-11-9-13(10-14(15(11)18)20(22)23)12-5-7-19(8-6-12)16(21)24-17(2,3)4/h5,9-10H,6-8,18H2,1-4H3. The summed E-state index contributed by atoms with van der Waals surface area (Å²) in [6, 6.07) is 3.34. The van der Waals surface area contributed by atoms with Crippen LogP contribution in [0, 0.1) is 17.0 Å². The van der Waals surface area contributed by atoms with Crippen LogP contribution in [0.1, 0.15) is 38.3 Å². The number of nitrogens with two attached hydrogens (primary N) is 1. The summed E-state index contributed by atoms with van der Waals surface area (Å²) < 4.78 is 5.36. The molecule has 7 heteroatoms. The molecule has 0 saturated heterocycles. The number of rotatable bonds is 2. The molecule has 24 heavy (non-hydrogen) atoms. The van der Waals surface area contributed by atoms with Crippen LogP contribution in [-0.2, 0) is 4.74 Å². The molecule has 0 unspecified atom stereocenters. The maximum atomic E-state index is 12.1. The minimum Gasteiger partial charge on any atom is -0.444 e. The highest BCUT2D eigenvalue weighted by Gasteiger charge is 2.25. The molecule has 0 aromatic heterocycles. The van der Waals surface area contributed by atoms with Crippen LogP contribution in [0.5, 0.6) is 0 Å². The van der Waals surface area contributed by atoms with Crippen molar-refractivity contribution < 1.29 is 14.5 Å². The number of nitrogens with zero attached hydrogens (tertiary/aromatic N) is 2. The summed E-state index contributed by atoms with van der Waals surface area (Å²) in [5.41, 5.74) is 7.77. The zero-order valence-electron chi connectivity index (χ0n) is 14.5. The Balaban J connectivity index is 2.19. The van der Waals surface area contributed by atoms with E-state index in [4.69, 9.17) is 10.5 Å². The second-order valence-corrected chi connectivity index (χ2v) is 6.89. The molecule has 130 valence electrons. The number of carbonyl (C=O) groups is 1. The van der Waals surface area contributed by atoms with Gasteiger partial charge in [-0.3, -0.25) is 10.1 Å². The summed E-state index contributed by atoms with van der Waals surface area (Å²) in [6.07, 6.45) is 2.17. The van der Waals surface area contributed by atoms with Gasteiger partial charge in [0.05, 0.1) is 4.92 Å². The van der Waals surface area contributed by atoms with Crippen LogP contribution in [0.15, 0.2) is 18.2 Å². The Hall–Kier alpha value is -2.57. The monoisotopic (exact) mass is 333 g/mol. The maximum absolute atomic E-state index is 12.1. The highest BCUT2D eigenvalue weighted by molar-refractivity contribution is 5.76. The summed E-state index contributed by atoms with van der Waals surface area (Å²) in [7, 11) is 0. The normalized spacial score (nSPS) is 15.0. The van der Waals surface area contributed by atoms with Gasteiger partial charge >= 0.3 is 6.09 Å². The van der Waals surface area contributed by atoms with Gasteiger partial charge in [0, 0.05) is 19.2 Å². The maximum Gasteiger partial charge on any atom is 0.410 e. The van der Waals surface area contributed by atoms with Gasteiger partial charge in [-0.15, -0.1) is 0 Å². The van der Waals surface area contributed by atoms with Gasteiger partial charge in [-0.1, -0.05) is 6.08 Å². The first kappa shape index (κ1) is 17.8. The molecule has 7 nitrogen and oxygen atoms in total. The molecule has 1 aromatic rings. The Bertz CT molecular complexity index is 705. The first-order valence-electron chi connectivity index (χ1n) is 7.80. The van der Waals surface area contributed by atoms with Crippen LogP contribution in [0.2, 0.25) is 0 Å². The zero-order chi connectivity index (χ0) is 18.1. The van der Waals surface area contributed by atoms with E-state index >= 15 is 0 Å². The number of carbonyl (C=O) groups excluding carboxylic acids is 1. The van der Waals surface area contributed by atoms with E-state index in [9.17, 15) is 14.9 Å². The van der Waals surface area contributed by atoms with Crippen LogP contribution >= 0.6 is 0 Å². The van der Waals surface area contributed by atoms with Crippen LogP contribution in [0.25, 0.3) is 5.57 Å². The molecule has 0 aliphatic carbocycles. The Morgan fingerprint density at radius 1 is 1.38 bits per heavy atom. The molecule has 0 spiro atoms. The van der Waals surface area contributed by atoms with Gasteiger partial charge in [0.15, 0.2) is 0 Å². The molecule has 0 bridgehead atoms. The lowest BCUT2D eigenvalue weighted by Crippen LogP contribution is -2.39. The third kappa shape index (κ3) is 4.04. The minimum absolute atomic E-state index is 0.0829. The number of nitrogen functional groups attached to an aromatic ring is 1. The van der Waals surface area contributed by atoms with Crippen molar-refractivity contribution >= 4 is 23.0 Å². The largest absolute Gasteiger partial charge is 0.444 e. The van der Waals surface area contributed by atoms with Crippen molar-refractivity contribution in [1.82, 2.24) is 4.90 Å². The van der Waals surface area contributed by atoms with Gasteiger partial charge in [0.1, 0.15) is 11.3 Å². The minimum atomic E-state index is -0.532. The zero-order valence-corrected chi connectivity index (χ0v) is 14.5. The smallest absolute Gasteiger partial charge is 0.410 e. The molecule has 2 rings (SSSR count). The summed E-state index contributed by atoms with van der Waals surface area (Å²) >= 11 is 0. The lowest BCUT2D eigenvalue weighted by molar-refractivity contribution is -0.383. The van der Waals surface area contributed by atoms with Crippen molar-refractivity contribution in [2.45, 2.75) is 39.7 Å². The van der Waals surface area contributed by atoms with Crippen molar-refractivity contribution in [1.29, 1.82) is 0 Å². The molecule has 1 aliphatic rings. The molecule has 0 radical (unpaired) electrons. The second-order valence-electron chi connectivity index (χ2n) is 6.89. The average Bonchev–Trinajstić information content (AvgIpc) is 2.48. The number of nitro groups is 1. The van der Waals surface area contributed by atoms with E-state index in [2.05, 4.69) is 0 Å². The van der Waals surface area contributed by atoms with Gasteiger partial charge in [0.25, 0.3) is 5.69 Å². The average molecular weight is 333 g/mol. The predicted molar refractivity (Wildman–Crippen MR) is 92.6 cm³/mol. The van der Waals surface area contributed by atoms with E-state index in [0.29, 0.717) is 25.1 Å². The molecular weight excluding hydrogens is 310 g/mol. The first-order chi connectivity index (χ1) is 11.1. The molecule has 1 amide bonds. The van der Waals surface area contributed by atoms with E-state index in [-0.39, 0.29) is 17.5 Å². The van der Waals surface area contributed by atoms with Crippen molar-refractivity contribution in [3.05, 3.63) is 39.4 Å². The molecule has 1 aliphatic heterocycles. The lowest BCUT2D eigenvalue weighted by atomic mass is 9.96. The molecule has 1 heterocycles. The van der Waals surface area contributed by atoms with Crippen LogP contribution < -0.4 is 5.73 Å². The second kappa shape index (κ2) is 6.51. The van der Waals surface area contributed by atoms with Gasteiger partial charge in [-0.25, -0.2) is 4.79 Å². The van der Waals surface area contributed by atoms with Crippen molar-refractivity contribution in [2.24, 2.45) is 0 Å². The SMILES string of the molecule is Cc1cc(C2=CCN(C(=O)OC(C)(C)C)CC2)cc([N+](=O)[O-])c1N. The number of benzene rings is 1. The van der Waals surface area contributed by atoms with Gasteiger partial charge in [-0.05, 0) is 56.9 Å². The summed E-state index contributed by atoms with van der Waals surface area (Å²) in [5.74, 6) is 0. The van der Waals surface area contributed by atoms with E-state index in [0.717, 1.165) is 11.1 Å². The van der Waals surface area contributed by atoms with Crippen molar-refractivity contribution in [2.75, 3.05) is 18.8 Å². The third-order valence-corrected chi connectivity index (χ3v) is 3.79. The summed E-state index contributed by atoms with van der Waals surface area (Å²) in [5, 5.41) is 11.1. The molecule has 2 N–H and O–H groups in total. The molecule has 0 fully saturated rings. The topological polar surface area (TPSA) is 98.7 Å². The van der Waals surface area contributed by atoms with Crippen molar-refractivity contribution in [3.63, 3.8) is 0 Å². The van der Waals surface area contributed by atoms with Crippen LogP contribution in [-0.4, -0.2) is 34.6 Å². The Morgan fingerprint density at radius 2 is 2.04 bits per heavy atom. The van der Waals surface area contributed by atoms with Gasteiger partial charge in [-0.2, -0.15) is 0 Å². The quantitative estimate of drug-likeness (QED) is 0.507. The van der Waals surface area contributed by atoms with Crippen LogP contribution in [0.4, 0.5) is 16.2 Å². The van der Waals surface area contributed by atoms with Crippen LogP contribution in [0.3, 0.4) is 0 Å². The highest BCUT2D eigenvalue weighted by Crippen LogP contribution is 2.32. The van der Waals surface area contributed by atoms with E-state index in [1.54, 1.807) is 11.8 Å². The Morgan fingerprint density at radius 3 is 2.54 bits per heavy atom. The fourth-order valence-corrected chi connectivity index (χ4v) is 2.54. The fourth-order valence-electron chi connectivity index (χ4n) is 2.54. The van der Waals surface area contributed by atoms with Gasteiger partial charge in [0.2, 0.25) is 0 Å². The third-order valence-electron chi connectivity index (χ3n) is 3.79. The summed E-state index contributed by atoms with van der Waals surface area (Å²) in [6.45, 7) is 8.16. The Labute approximate surface area is 141 Å². The molecular formula is C17H23N3O4. The number of amides is 1. The van der Waals surface area contributed by atoms with Crippen molar-refractivity contribution in [3.8, 4) is 0 Å². The fraction of sp³-hybridized carbons (Fsp3) is 0.471. The van der Waals surface area contributed by atoms with E-state index in [1.807, 2.05) is 32.9 Å². The Kier molecular flexibility index (Phi) is 4.82. The number of anilines is 1. The van der Waals surface area contributed by atoms with E-state index < -0.39 is 10.5 Å². The predicted octanol–water partition coefficient (Wildman–Crippen LogP) is 3.51. The van der Waals surface area contributed by atoms with E-state index in [1.165, 1.54) is 6.07 Å². The number of hydrogen-bond donors (Lipinski definition) is 1. The number of ether oxygens (including phenoxy) is 1. The molecule has 0 atom stereocenters. The number of aryl methyl sites for hydroxylation is 1. The molecule has 0 saturated carbocycles. The molecule has 1 aromatic carbocycles. The first-order valence-corrected chi connectivity index (χ1v) is 7.80.